The van der Waals surface area contributed by atoms with Crippen molar-refractivity contribution in [1.82, 2.24) is 30.0 Å². The van der Waals surface area contributed by atoms with Crippen LogP contribution in [0.15, 0.2) is 12.3 Å². The van der Waals surface area contributed by atoms with Crippen molar-refractivity contribution in [1.29, 1.82) is 5.26 Å². The minimum atomic E-state index is -0.835. The Morgan fingerprint density at radius 2 is 2.07 bits per heavy atom. The number of fused-ring (bicyclic) bond motifs is 2. The molecule has 4 aliphatic heterocycles. The van der Waals surface area contributed by atoms with Crippen LogP contribution in [-0.2, 0) is 17.7 Å². The van der Waals surface area contributed by atoms with Crippen LogP contribution in [0.2, 0.25) is 0 Å². The molecule has 1 unspecified atom stereocenters. The number of likely N-dealkylation sites (N-methyl/N-ethyl adjacent to an activating group) is 1. The summed E-state index contributed by atoms with van der Waals surface area (Å²) in [5.41, 5.74) is 6.87. The first-order valence-corrected chi connectivity index (χ1v) is 16.5. The van der Waals surface area contributed by atoms with E-state index in [1.54, 1.807) is 0 Å². The summed E-state index contributed by atoms with van der Waals surface area (Å²) in [6.07, 6.45) is 6.05. The average Bonchev–Trinajstić information content (AvgIpc) is 3.61. The molecular weight excluding hydrogens is 573 g/mol. The zero-order chi connectivity index (χ0) is 31.1. The van der Waals surface area contributed by atoms with E-state index in [0.29, 0.717) is 45.1 Å². The molecule has 0 saturated carbocycles. The van der Waals surface area contributed by atoms with Crippen molar-refractivity contribution in [3.63, 3.8) is 0 Å². The predicted octanol–water partition coefficient (Wildman–Crippen LogP) is 3.82. The third kappa shape index (κ3) is 5.93. The highest BCUT2D eigenvalue weighted by Gasteiger charge is 2.33. The van der Waals surface area contributed by atoms with Gasteiger partial charge in [-0.3, -0.25) is 4.90 Å². The van der Waals surface area contributed by atoms with Gasteiger partial charge in [-0.05, 0) is 70.2 Å². The van der Waals surface area contributed by atoms with Crippen LogP contribution in [0, 0.1) is 25.2 Å². The van der Waals surface area contributed by atoms with E-state index >= 15 is 0 Å². The van der Waals surface area contributed by atoms with E-state index in [0.717, 1.165) is 79.9 Å². The van der Waals surface area contributed by atoms with Gasteiger partial charge < -0.3 is 24.6 Å². The minimum absolute atomic E-state index is 0.00770. The normalized spacial score (nSPS) is 25.8. The van der Waals surface area contributed by atoms with E-state index in [9.17, 15) is 9.65 Å². The van der Waals surface area contributed by atoms with Crippen molar-refractivity contribution in [2.45, 2.75) is 83.4 Å². The number of anilines is 2. The second-order valence-electron chi connectivity index (χ2n) is 13.1. The summed E-state index contributed by atoms with van der Waals surface area (Å²) in [4.78, 5) is 16.7. The molecule has 3 aromatic rings. The first kappa shape index (κ1) is 30.1. The van der Waals surface area contributed by atoms with Gasteiger partial charge in [0, 0.05) is 62.4 Å². The molecule has 7 rings (SSSR count). The number of piperazine rings is 1. The van der Waals surface area contributed by atoms with Gasteiger partial charge in [-0.1, -0.05) is 0 Å². The number of aryl methyl sites for hydroxylation is 1. The van der Waals surface area contributed by atoms with E-state index in [4.69, 9.17) is 24.5 Å². The Balaban J connectivity index is 1.22. The summed E-state index contributed by atoms with van der Waals surface area (Å²) in [6.45, 7) is 9.64. The summed E-state index contributed by atoms with van der Waals surface area (Å²) >= 11 is 0. The fraction of sp³-hybridized carbons (Fsp3) is 0.636. The van der Waals surface area contributed by atoms with Crippen LogP contribution in [-0.4, -0.2) is 95.9 Å². The lowest BCUT2D eigenvalue weighted by Gasteiger charge is -2.38. The quantitative estimate of drug-likeness (QED) is 0.421. The first-order chi connectivity index (χ1) is 21.9. The number of likely N-dealkylation sites (tertiary alicyclic amines) is 1. The molecule has 2 aromatic heterocycles. The van der Waals surface area contributed by atoms with E-state index in [-0.39, 0.29) is 18.3 Å². The predicted molar refractivity (Wildman–Crippen MR) is 170 cm³/mol. The molecule has 1 N–H and O–H groups in total. The number of nitrogens with zero attached hydrogens (tertiary/aromatic N) is 8. The van der Waals surface area contributed by atoms with Gasteiger partial charge in [0.2, 0.25) is 0 Å². The maximum absolute atomic E-state index is 14.1. The Hall–Kier alpha value is -3.53. The summed E-state index contributed by atoms with van der Waals surface area (Å²) in [6, 6.07) is 4.97. The Kier molecular flexibility index (Phi) is 8.50. The van der Waals surface area contributed by atoms with Crippen LogP contribution in [0.5, 0.6) is 6.01 Å². The molecule has 11 nitrogen and oxygen atoms in total. The standard InChI is InChI=1S/C33H44FN9O2/c1-21-14-29-27(16-37-43(29)30-6-4-5-13-44-30)31(22(21)2)41-11-8-26-28(19-41)38-33(45-20-25-15-23(34)17-40(25)3)39-32(26)42-12-10-36-24(18-42)7-9-35/h14,16,23-25,30,36H,4-8,10-13,15,17-20H2,1-3H3/t23-,24+,25+,30?/m1/s1. The number of ether oxygens (including phenoxy) is 2. The number of hydrogen-bond donors (Lipinski definition) is 1. The van der Waals surface area contributed by atoms with Gasteiger partial charge in [0.25, 0.3) is 0 Å². The molecule has 45 heavy (non-hydrogen) atoms. The zero-order valence-electron chi connectivity index (χ0n) is 26.6. The molecule has 6 heterocycles. The number of aromatic nitrogens is 4. The molecule has 3 saturated heterocycles. The highest BCUT2D eigenvalue weighted by atomic mass is 19.1. The van der Waals surface area contributed by atoms with Crippen LogP contribution >= 0.6 is 0 Å². The Bertz CT molecular complexity index is 1580. The van der Waals surface area contributed by atoms with Crippen LogP contribution in [0.4, 0.5) is 15.9 Å². The van der Waals surface area contributed by atoms with Gasteiger partial charge in [-0.25, -0.2) is 9.07 Å². The van der Waals surface area contributed by atoms with Gasteiger partial charge in [-0.15, -0.1) is 0 Å². The molecule has 4 atom stereocenters. The van der Waals surface area contributed by atoms with Crippen molar-refractivity contribution < 1.29 is 13.9 Å². The summed E-state index contributed by atoms with van der Waals surface area (Å²) in [5.74, 6) is 0.899. The van der Waals surface area contributed by atoms with E-state index in [1.165, 1.54) is 16.8 Å². The molecule has 0 bridgehead atoms. The van der Waals surface area contributed by atoms with Crippen molar-refractivity contribution in [2.24, 2.45) is 0 Å². The molecule has 0 amide bonds. The van der Waals surface area contributed by atoms with Gasteiger partial charge in [0.05, 0.1) is 42.1 Å². The van der Waals surface area contributed by atoms with Crippen LogP contribution in [0.25, 0.3) is 10.9 Å². The number of hydrogen-bond acceptors (Lipinski definition) is 10. The largest absolute Gasteiger partial charge is 0.462 e. The summed E-state index contributed by atoms with van der Waals surface area (Å²) in [5, 5.41) is 18.8. The van der Waals surface area contributed by atoms with Crippen LogP contribution < -0.4 is 19.9 Å². The third-order valence-electron chi connectivity index (χ3n) is 10.1. The number of benzene rings is 1. The van der Waals surface area contributed by atoms with Gasteiger partial charge in [0.15, 0.2) is 6.23 Å². The number of halogens is 1. The third-order valence-corrected chi connectivity index (χ3v) is 10.1. The fourth-order valence-corrected chi connectivity index (χ4v) is 7.50. The van der Waals surface area contributed by atoms with E-state index < -0.39 is 6.17 Å². The lowest BCUT2D eigenvalue weighted by molar-refractivity contribution is -0.0366. The zero-order valence-corrected chi connectivity index (χ0v) is 26.6. The molecule has 240 valence electrons. The van der Waals surface area contributed by atoms with Crippen molar-refractivity contribution >= 4 is 22.4 Å². The molecule has 0 radical (unpaired) electrons. The van der Waals surface area contributed by atoms with Gasteiger partial charge >= 0.3 is 6.01 Å². The van der Waals surface area contributed by atoms with Crippen molar-refractivity contribution in [2.75, 3.05) is 62.8 Å². The van der Waals surface area contributed by atoms with Crippen LogP contribution in [0.3, 0.4) is 0 Å². The first-order valence-electron chi connectivity index (χ1n) is 16.5. The number of alkyl halides is 1. The van der Waals surface area contributed by atoms with E-state index in [2.05, 4.69) is 45.8 Å². The lowest BCUT2D eigenvalue weighted by atomic mass is 9.99. The minimum Gasteiger partial charge on any atom is -0.462 e. The monoisotopic (exact) mass is 617 g/mol. The average molecular weight is 618 g/mol. The number of nitriles is 1. The van der Waals surface area contributed by atoms with Crippen LogP contribution in [0.1, 0.15) is 60.7 Å². The summed E-state index contributed by atoms with van der Waals surface area (Å²) in [7, 11) is 1.94. The molecule has 12 heteroatoms. The highest BCUT2D eigenvalue weighted by molar-refractivity contribution is 5.95. The second-order valence-corrected chi connectivity index (χ2v) is 13.1. The molecule has 0 aliphatic carbocycles. The number of rotatable bonds is 7. The molecule has 3 fully saturated rings. The lowest BCUT2D eigenvalue weighted by Crippen LogP contribution is -2.51. The summed E-state index contributed by atoms with van der Waals surface area (Å²) < 4.78 is 28.5. The Morgan fingerprint density at radius 3 is 2.84 bits per heavy atom. The second kappa shape index (κ2) is 12.7. The maximum Gasteiger partial charge on any atom is 0.318 e. The smallest absolute Gasteiger partial charge is 0.318 e. The topological polar surface area (TPSA) is 108 Å². The molecule has 4 aliphatic rings. The van der Waals surface area contributed by atoms with E-state index in [1.807, 2.05) is 18.1 Å². The molecule has 0 spiro atoms. The highest BCUT2D eigenvalue weighted by Crippen LogP contribution is 2.39. The van der Waals surface area contributed by atoms with Crippen molar-refractivity contribution in [3.8, 4) is 12.1 Å². The fourth-order valence-electron chi connectivity index (χ4n) is 7.50. The molecular formula is C33H44FN9O2. The van der Waals surface area contributed by atoms with Gasteiger partial charge in [-0.2, -0.15) is 20.3 Å². The van der Waals surface area contributed by atoms with Crippen molar-refractivity contribution in [3.05, 3.63) is 34.6 Å². The van der Waals surface area contributed by atoms with Gasteiger partial charge in [0.1, 0.15) is 18.6 Å². The number of nitrogens with one attached hydrogen (secondary N) is 1. The SMILES string of the molecule is Cc1cc2c(cnn2C2CCCCO2)c(N2CCc3c(nc(OC[C@@H]4C[C@@H](F)CN4C)nc3N3CCN[C@@H](CC#N)C3)C2)c1C. The maximum atomic E-state index is 14.1. The Morgan fingerprint density at radius 1 is 1.18 bits per heavy atom. The Labute approximate surface area is 264 Å². The molecule has 1 aromatic carbocycles.